The topological polar surface area (TPSA) is 125 Å². The molecule has 0 unspecified atom stereocenters. The zero-order chi connectivity index (χ0) is 25.7. The summed E-state index contributed by atoms with van der Waals surface area (Å²) in [4.78, 5) is 48.3. The quantitative estimate of drug-likeness (QED) is 0.180. The summed E-state index contributed by atoms with van der Waals surface area (Å²) in [5, 5.41) is 10.3. The predicted molar refractivity (Wildman–Crippen MR) is 132 cm³/mol. The molecule has 2 aromatic rings. The molecule has 1 atom stereocenters. The number of amides is 2. The summed E-state index contributed by atoms with van der Waals surface area (Å²) >= 11 is 4.18. The summed E-state index contributed by atoms with van der Waals surface area (Å²) in [6.07, 6.45) is 1.53. The van der Waals surface area contributed by atoms with Crippen LogP contribution < -0.4 is 9.47 Å². The molecule has 0 spiro atoms. The van der Waals surface area contributed by atoms with Crippen LogP contribution in [0.5, 0.6) is 11.5 Å². The lowest BCUT2D eigenvalue weighted by Gasteiger charge is -2.18. The highest BCUT2D eigenvalue weighted by molar-refractivity contribution is 9.10. The molecule has 1 aliphatic rings. The molecule has 2 aromatic carbocycles. The highest BCUT2D eigenvalue weighted by Gasteiger charge is 2.41. The zero-order valence-electron chi connectivity index (χ0n) is 19.0. The molecule has 1 aliphatic heterocycles. The monoisotopic (exact) mass is 564 g/mol. The maximum absolute atomic E-state index is 12.8. The lowest BCUT2D eigenvalue weighted by atomic mass is 10.1. The van der Waals surface area contributed by atoms with Crippen LogP contribution in [0.1, 0.15) is 25.0 Å². The van der Waals surface area contributed by atoms with E-state index in [1.165, 1.54) is 32.2 Å². The van der Waals surface area contributed by atoms with Crippen LogP contribution in [0, 0.1) is 10.1 Å². The van der Waals surface area contributed by atoms with Crippen molar-refractivity contribution in [2.24, 2.45) is 0 Å². The highest BCUT2D eigenvalue weighted by Crippen LogP contribution is 2.39. The third kappa shape index (κ3) is 6.01. The smallest absolute Gasteiger partial charge is 0.328 e. The Balaban J connectivity index is 1.84. The number of carbonyl (C=O) groups excluding carboxylic acids is 3. The number of thioether (sulfide) groups is 1. The summed E-state index contributed by atoms with van der Waals surface area (Å²) in [7, 11) is 1.19. The number of non-ortho nitro benzene ring substituents is 1. The Morgan fingerprint density at radius 2 is 1.86 bits per heavy atom. The van der Waals surface area contributed by atoms with Crippen molar-refractivity contribution >= 4 is 56.6 Å². The van der Waals surface area contributed by atoms with E-state index in [1.54, 1.807) is 31.2 Å². The minimum atomic E-state index is -1.05. The van der Waals surface area contributed by atoms with Crippen molar-refractivity contribution < 1.29 is 33.5 Å². The van der Waals surface area contributed by atoms with Gasteiger partial charge >= 0.3 is 5.97 Å². The fourth-order valence-electron chi connectivity index (χ4n) is 3.15. The summed E-state index contributed by atoms with van der Waals surface area (Å²) in [6.45, 7) is 3.73. The van der Waals surface area contributed by atoms with Gasteiger partial charge in [0.1, 0.15) is 12.6 Å². The molecule has 0 aromatic heterocycles. The second kappa shape index (κ2) is 11.4. The number of carbonyl (C=O) groups is 3. The van der Waals surface area contributed by atoms with Gasteiger partial charge < -0.3 is 14.2 Å². The van der Waals surface area contributed by atoms with Gasteiger partial charge in [-0.25, -0.2) is 4.79 Å². The first-order chi connectivity index (χ1) is 16.7. The van der Waals surface area contributed by atoms with E-state index in [9.17, 15) is 24.5 Å². The van der Waals surface area contributed by atoms with Crippen LogP contribution in [-0.2, 0) is 20.9 Å². The number of rotatable bonds is 9. The van der Waals surface area contributed by atoms with Crippen molar-refractivity contribution in [3.63, 3.8) is 0 Å². The molecule has 0 N–H and O–H groups in total. The molecule has 1 saturated heterocycles. The Kier molecular flexibility index (Phi) is 8.52. The molecule has 2 amide bonds. The minimum Gasteiger partial charge on any atom is -0.490 e. The summed E-state index contributed by atoms with van der Waals surface area (Å²) in [5.74, 6) is -0.461. The lowest BCUT2D eigenvalue weighted by Crippen LogP contribution is -2.42. The molecule has 35 heavy (non-hydrogen) atoms. The van der Waals surface area contributed by atoms with Crippen LogP contribution in [0.2, 0.25) is 0 Å². The van der Waals surface area contributed by atoms with Crippen molar-refractivity contribution in [1.82, 2.24) is 4.90 Å². The number of ether oxygens (including phenoxy) is 3. The number of halogens is 1. The second-order valence-electron chi connectivity index (χ2n) is 7.22. The van der Waals surface area contributed by atoms with Crippen molar-refractivity contribution in [3.8, 4) is 11.5 Å². The number of methoxy groups -OCH3 is 1. The van der Waals surface area contributed by atoms with E-state index in [1.807, 2.05) is 0 Å². The van der Waals surface area contributed by atoms with Crippen LogP contribution in [-0.4, -0.2) is 46.7 Å². The van der Waals surface area contributed by atoms with Crippen LogP contribution in [0.15, 0.2) is 45.8 Å². The SMILES string of the molecule is CCOc1cc(/C=C2/SC(=O)N([C@H](C)C(=O)OC)C2=O)c(Br)cc1OCc1ccc([N+](=O)[O-])cc1. The van der Waals surface area contributed by atoms with E-state index >= 15 is 0 Å². The van der Waals surface area contributed by atoms with E-state index in [0.29, 0.717) is 28.1 Å². The summed E-state index contributed by atoms with van der Waals surface area (Å²) in [5.41, 5.74) is 1.28. The number of nitro benzene ring substituents is 1. The van der Waals surface area contributed by atoms with Gasteiger partial charge in [0.2, 0.25) is 0 Å². The number of benzene rings is 2. The second-order valence-corrected chi connectivity index (χ2v) is 9.06. The van der Waals surface area contributed by atoms with Gasteiger partial charge in [0.05, 0.1) is 23.5 Å². The number of hydrogen-bond donors (Lipinski definition) is 0. The van der Waals surface area contributed by atoms with E-state index in [2.05, 4.69) is 20.7 Å². The average molecular weight is 565 g/mol. The molecule has 0 radical (unpaired) electrons. The summed E-state index contributed by atoms with van der Waals surface area (Å²) in [6, 6.07) is 8.29. The van der Waals surface area contributed by atoms with Gasteiger partial charge in [0, 0.05) is 16.6 Å². The number of esters is 1. The fourth-order valence-corrected chi connectivity index (χ4v) is 4.48. The molecule has 0 saturated carbocycles. The van der Waals surface area contributed by atoms with Crippen molar-refractivity contribution in [2.45, 2.75) is 26.5 Å². The third-order valence-corrected chi connectivity index (χ3v) is 6.51. The third-order valence-electron chi connectivity index (χ3n) is 4.94. The standard InChI is InChI=1S/C23H21BrN2O8S/c1-4-33-18-9-15(10-20-21(27)25(23(29)35-20)13(2)22(28)32-3)17(24)11-19(18)34-12-14-5-7-16(8-6-14)26(30)31/h5-11,13H,4,12H2,1-3H3/b20-10+/t13-/m1/s1. The first-order valence-corrected chi connectivity index (χ1v) is 11.9. The average Bonchev–Trinajstić information content (AvgIpc) is 3.11. The van der Waals surface area contributed by atoms with Gasteiger partial charge in [-0.3, -0.25) is 24.6 Å². The normalized spacial score (nSPS) is 15.3. The van der Waals surface area contributed by atoms with Gasteiger partial charge in [-0.2, -0.15) is 0 Å². The van der Waals surface area contributed by atoms with Gasteiger partial charge in [-0.15, -0.1) is 0 Å². The zero-order valence-corrected chi connectivity index (χ0v) is 21.4. The molecule has 10 nitrogen and oxygen atoms in total. The molecule has 0 bridgehead atoms. The Morgan fingerprint density at radius 1 is 1.20 bits per heavy atom. The van der Waals surface area contributed by atoms with Gasteiger partial charge in [-0.05, 0) is 67.1 Å². The van der Waals surface area contributed by atoms with E-state index in [0.717, 1.165) is 22.2 Å². The molecule has 3 rings (SSSR count). The molecule has 184 valence electrons. The van der Waals surface area contributed by atoms with Gasteiger partial charge in [-0.1, -0.05) is 15.9 Å². The molecular formula is C23H21BrN2O8S. The van der Waals surface area contributed by atoms with Crippen LogP contribution >= 0.6 is 27.7 Å². The van der Waals surface area contributed by atoms with Crippen molar-refractivity contribution in [1.29, 1.82) is 0 Å². The number of nitrogens with zero attached hydrogens (tertiary/aromatic N) is 2. The molecule has 1 fully saturated rings. The van der Waals surface area contributed by atoms with Gasteiger partial charge in [0.15, 0.2) is 11.5 Å². The maximum Gasteiger partial charge on any atom is 0.328 e. The molecule has 12 heteroatoms. The Labute approximate surface area is 213 Å². The fraction of sp³-hybridized carbons (Fsp3) is 0.261. The highest BCUT2D eigenvalue weighted by atomic mass is 79.9. The Morgan fingerprint density at radius 3 is 2.46 bits per heavy atom. The van der Waals surface area contributed by atoms with Gasteiger partial charge in [0.25, 0.3) is 16.8 Å². The van der Waals surface area contributed by atoms with Crippen LogP contribution in [0.25, 0.3) is 6.08 Å². The Bertz CT molecular complexity index is 1200. The minimum absolute atomic E-state index is 0.0127. The van der Waals surface area contributed by atoms with Crippen LogP contribution in [0.3, 0.4) is 0 Å². The molecule has 0 aliphatic carbocycles. The number of hydrogen-bond acceptors (Lipinski definition) is 9. The largest absolute Gasteiger partial charge is 0.490 e. The maximum atomic E-state index is 12.8. The summed E-state index contributed by atoms with van der Waals surface area (Å²) < 4.78 is 16.8. The number of imide groups is 1. The van der Waals surface area contributed by atoms with Crippen LogP contribution in [0.4, 0.5) is 10.5 Å². The molecular weight excluding hydrogens is 544 g/mol. The predicted octanol–water partition coefficient (Wildman–Crippen LogP) is 4.93. The van der Waals surface area contributed by atoms with Crippen molar-refractivity contribution in [2.75, 3.05) is 13.7 Å². The first kappa shape index (κ1) is 26.2. The Hall–Kier alpha value is -3.38. The number of nitro groups is 1. The van der Waals surface area contributed by atoms with E-state index in [4.69, 9.17) is 9.47 Å². The van der Waals surface area contributed by atoms with Crippen molar-refractivity contribution in [3.05, 3.63) is 67.0 Å². The molecule has 1 heterocycles. The first-order valence-electron chi connectivity index (χ1n) is 10.3. The lowest BCUT2D eigenvalue weighted by molar-refractivity contribution is -0.384. The van der Waals surface area contributed by atoms with E-state index < -0.39 is 28.1 Å². The van der Waals surface area contributed by atoms with E-state index in [-0.39, 0.29) is 17.2 Å².